The van der Waals surface area contributed by atoms with Crippen LogP contribution in [0.5, 0.6) is 0 Å². The molecule has 3 rings (SSSR count). The van der Waals surface area contributed by atoms with Crippen molar-refractivity contribution in [1.29, 1.82) is 0 Å². The molecule has 2 unspecified atom stereocenters. The van der Waals surface area contributed by atoms with E-state index in [1.54, 1.807) is 18.2 Å². The van der Waals surface area contributed by atoms with Crippen molar-refractivity contribution >= 4 is 39.2 Å². The van der Waals surface area contributed by atoms with Crippen LogP contribution in [0, 0.1) is 11.8 Å². The Hall–Kier alpha value is -2.29. The number of halogens is 2. The Morgan fingerprint density at radius 1 is 1.40 bits per heavy atom. The van der Waals surface area contributed by atoms with Crippen molar-refractivity contribution in [1.82, 2.24) is 9.88 Å². The molecule has 1 fully saturated rings. The van der Waals surface area contributed by atoms with Gasteiger partial charge >= 0.3 is 12.0 Å². The van der Waals surface area contributed by atoms with Crippen molar-refractivity contribution in [2.45, 2.75) is 19.8 Å². The van der Waals surface area contributed by atoms with Gasteiger partial charge in [0.1, 0.15) is 0 Å². The quantitative estimate of drug-likeness (QED) is 0.862. The van der Waals surface area contributed by atoms with Crippen LogP contribution >= 0.6 is 11.3 Å². The lowest BCUT2D eigenvalue weighted by atomic mass is 9.91. The summed E-state index contributed by atoms with van der Waals surface area (Å²) in [5.41, 5.74) is 0.919. The van der Waals surface area contributed by atoms with E-state index in [1.807, 2.05) is 6.92 Å². The van der Waals surface area contributed by atoms with E-state index in [4.69, 9.17) is 0 Å². The minimum absolute atomic E-state index is 0.0955. The second kappa shape index (κ2) is 6.91. The van der Waals surface area contributed by atoms with Crippen molar-refractivity contribution in [3.63, 3.8) is 0 Å². The standard InChI is InChI=1S/C16H17F2N3O3S/c1-8-4-9(15(22)23)7-21(6-8)16(24)19-10-2-3-11-12(5-10)25-14(20-11)13(17)18/h2-3,5,8-9,13H,4,6-7H2,1H3,(H,19,24)(H,22,23). The number of nitrogens with zero attached hydrogens (tertiary/aromatic N) is 2. The van der Waals surface area contributed by atoms with Gasteiger partial charge in [-0.25, -0.2) is 18.6 Å². The molecule has 9 heteroatoms. The number of aliphatic carboxylic acids is 1. The highest BCUT2D eigenvalue weighted by Crippen LogP contribution is 2.31. The molecular formula is C16H17F2N3O3S. The number of urea groups is 1. The number of aromatic nitrogens is 1. The molecule has 1 aromatic carbocycles. The summed E-state index contributed by atoms with van der Waals surface area (Å²) in [4.78, 5) is 28.9. The zero-order valence-electron chi connectivity index (χ0n) is 13.4. The maximum absolute atomic E-state index is 12.7. The van der Waals surface area contributed by atoms with Gasteiger partial charge in [-0.15, -0.1) is 11.3 Å². The van der Waals surface area contributed by atoms with Gasteiger partial charge < -0.3 is 15.3 Å². The van der Waals surface area contributed by atoms with Gasteiger partial charge in [-0.2, -0.15) is 0 Å². The summed E-state index contributed by atoms with van der Waals surface area (Å²) < 4.78 is 26.0. The fourth-order valence-electron chi connectivity index (χ4n) is 3.01. The Bertz CT molecular complexity index is 811. The summed E-state index contributed by atoms with van der Waals surface area (Å²) >= 11 is 0.883. The number of amides is 2. The highest BCUT2D eigenvalue weighted by Gasteiger charge is 2.31. The zero-order chi connectivity index (χ0) is 18.1. The van der Waals surface area contributed by atoms with E-state index in [-0.39, 0.29) is 17.5 Å². The lowest BCUT2D eigenvalue weighted by Gasteiger charge is -2.34. The molecule has 0 radical (unpaired) electrons. The first-order chi connectivity index (χ1) is 11.8. The number of hydrogen-bond donors (Lipinski definition) is 2. The van der Waals surface area contributed by atoms with E-state index in [0.29, 0.717) is 28.9 Å². The summed E-state index contributed by atoms with van der Waals surface area (Å²) in [7, 11) is 0. The second-order valence-corrected chi connectivity index (χ2v) is 7.31. The van der Waals surface area contributed by atoms with Crippen LogP contribution in [0.1, 0.15) is 24.8 Å². The Morgan fingerprint density at radius 3 is 2.84 bits per heavy atom. The first-order valence-electron chi connectivity index (χ1n) is 7.81. The molecule has 1 aromatic heterocycles. The Morgan fingerprint density at radius 2 is 2.16 bits per heavy atom. The largest absolute Gasteiger partial charge is 0.481 e. The Labute approximate surface area is 146 Å². The third kappa shape index (κ3) is 3.87. The molecule has 25 heavy (non-hydrogen) atoms. The predicted octanol–water partition coefficient (Wildman–Crippen LogP) is 3.81. The average molecular weight is 369 g/mol. The van der Waals surface area contributed by atoms with Gasteiger partial charge in [-0.1, -0.05) is 6.92 Å². The predicted molar refractivity (Wildman–Crippen MR) is 90.1 cm³/mol. The number of fused-ring (bicyclic) bond motifs is 1. The van der Waals surface area contributed by atoms with Crippen LogP contribution in [0.25, 0.3) is 10.2 Å². The van der Waals surface area contributed by atoms with Gasteiger partial charge in [-0.3, -0.25) is 4.79 Å². The van der Waals surface area contributed by atoms with Crippen molar-refractivity contribution < 1.29 is 23.5 Å². The van der Waals surface area contributed by atoms with Crippen LogP contribution in [-0.4, -0.2) is 40.1 Å². The van der Waals surface area contributed by atoms with Gasteiger partial charge in [0.2, 0.25) is 0 Å². The minimum atomic E-state index is -2.63. The number of hydrogen-bond acceptors (Lipinski definition) is 4. The molecule has 1 saturated heterocycles. The maximum atomic E-state index is 12.7. The highest BCUT2D eigenvalue weighted by molar-refractivity contribution is 7.18. The maximum Gasteiger partial charge on any atom is 0.321 e. The topological polar surface area (TPSA) is 82.5 Å². The molecule has 0 spiro atoms. The smallest absolute Gasteiger partial charge is 0.321 e. The number of carbonyl (C=O) groups is 2. The van der Waals surface area contributed by atoms with Crippen LogP contribution in [0.4, 0.5) is 19.3 Å². The zero-order valence-corrected chi connectivity index (χ0v) is 14.2. The molecule has 0 bridgehead atoms. The highest BCUT2D eigenvalue weighted by atomic mass is 32.1. The molecule has 0 aliphatic carbocycles. The van der Waals surface area contributed by atoms with E-state index in [1.165, 1.54) is 4.90 Å². The SMILES string of the molecule is CC1CC(C(=O)O)CN(C(=O)Nc2ccc3nc(C(F)F)sc3c2)C1. The normalized spacial score (nSPS) is 20.9. The first-order valence-corrected chi connectivity index (χ1v) is 8.62. The number of carboxylic acids is 1. The number of likely N-dealkylation sites (tertiary alicyclic amines) is 1. The van der Waals surface area contributed by atoms with Crippen LogP contribution in [0.2, 0.25) is 0 Å². The summed E-state index contributed by atoms with van der Waals surface area (Å²) in [5, 5.41) is 11.6. The molecule has 2 aromatic rings. The average Bonchev–Trinajstić information content (AvgIpc) is 2.97. The number of thiazole rings is 1. The van der Waals surface area contributed by atoms with Gasteiger partial charge in [0.05, 0.1) is 16.1 Å². The fraction of sp³-hybridized carbons (Fsp3) is 0.438. The number of carbonyl (C=O) groups excluding carboxylic acids is 1. The van der Waals surface area contributed by atoms with E-state index >= 15 is 0 Å². The van der Waals surface area contributed by atoms with Crippen LogP contribution in [0.15, 0.2) is 18.2 Å². The van der Waals surface area contributed by atoms with Crippen molar-refractivity contribution in [3.8, 4) is 0 Å². The monoisotopic (exact) mass is 369 g/mol. The number of piperidine rings is 1. The summed E-state index contributed by atoms with van der Waals surface area (Å²) in [5.74, 6) is -1.39. The van der Waals surface area contributed by atoms with E-state index in [2.05, 4.69) is 10.3 Å². The van der Waals surface area contributed by atoms with E-state index < -0.39 is 24.3 Å². The van der Waals surface area contributed by atoms with E-state index in [9.17, 15) is 23.5 Å². The molecule has 2 heterocycles. The molecule has 1 aliphatic heterocycles. The van der Waals surface area contributed by atoms with Gasteiger partial charge in [-0.05, 0) is 30.5 Å². The van der Waals surface area contributed by atoms with Crippen molar-refractivity contribution in [2.24, 2.45) is 11.8 Å². The Balaban J connectivity index is 1.73. The molecule has 6 nitrogen and oxygen atoms in total. The summed E-state index contributed by atoms with van der Waals surface area (Å²) in [6, 6.07) is 4.37. The number of benzene rings is 1. The number of rotatable bonds is 3. The Kier molecular flexibility index (Phi) is 4.85. The third-order valence-electron chi connectivity index (χ3n) is 4.14. The van der Waals surface area contributed by atoms with Crippen molar-refractivity contribution in [2.75, 3.05) is 18.4 Å². The van der Waals surface area contributed by atoms with Gasteiger partial charge in [0, 0.05) is 18.8 Å². The second-order valence-electron chi connectivity index (χ2n) is 6.25. The van der Waals surface area contributed by atoms with Gasteiger partial charge in [0.25, 0.3) is 6.43 Å². The first kappa shape index (κ1) is 17.5. The van der Waals surface area contributed by atoms with Crippen molar-refractivity contribution in [3.05, 3.63) is 23.2 Å². The van der Waals surface area contributed by atoms with E-state index in [0.717, 1.165) is 11.3 Å². The molecular weight excluding hydrogens is 352 g/mol. The lowest BCUT2D eigenvalue weighted by molar-refractivity contribution is -0.143. The molecule has 1 aliphatic rings. The molecule has 134 valence electrons. The summed E-state index contributed by atoms with van der Waals surface area (Å²) in [6.07, 6.45) is -2.08. The molecule has 2 N–H and O–H groups in total. The minimum Gasteiger partial charge on any atom is -0.481 e. The molecule has 2 amide bonds. The number of carboxylic acid groups (broad SMARTS) is 1. The van der Waals surface area contributed by atoms with Crippen LogP contribution in [-0.2, 0) is 4.79 Å². The number of nitrogens with one attached hydrogen (secondary N) is 1. The molecule has 0 saturated carbocycles. The number of anilines is 1. The third-order valence-corrected chi connectivity index (χ3v) is 5.16. The van der Waals surface area contributed by atoms with Gasteiger partial charge in [0.15, 0.2) is 5.01 Å². The number of alkyl halides is 2. The molecule has 2 atom stereocenters. The summed E-state index contributed by atoms with van der Waals surface area (Å²) in [6.45, 7) is 2.54. The van der Waals surface area contributed by atoms with Crippen LogP contribution in [0.3, 0.4) is 0 Å². The fourth-order valence-corrected chi connectivity index (χ4v) is 3.87. The lowest BCUT2D eigenvalue weighted by Crippen LogP contribution is -2.47. The van der Waals surface area contributed by atoms with Crippen LogP contribution < -0.4 is 5.32 Å².